The van der Waals surface area contributed by atoms with Crippen molar-refractivity contribution < 1.29 is 13.2 Å². The normalized spacial score (nSPS) is 16.8. The highest BCUT2D eigenvalue weighted by Gasteiger charge is 2.35. The standard InChI is InChI=1S/C15H18N4O3S/c1-11-15(12(2)17-16-11)23(21,22)18-8-9-19(14(20)10-18)13-6-4-3-5-7-13/h3-7H,8-10H2,1-2H3,(H,16,17). The van der Waals surface area contributed by atoms with Crippen LogP contribution in [0.3, 0.4) is 0 Å². The molecule has 3 rings (SSSR count). The summed E-state index contributed by atoms with van der Waals surface area (Å²) in [6.45, 7) is 3.72. The summed E-state index contributed by atoms with van der Waals surface area (Å²) in [5.74, 6) is -0.232. The molecule has 1 N–H and O–H groups in total. The molecule has 0 unspecified atom stereocenters. The van der Waals surface area contributed by atoms with Gasteiger partial charge in [-0.15, -0.1) is 0 Å². The lowest BCUT2D eigenvalue weighted by molar-refractivity contribution is -0.119. The number of H-pyrrole nitrogens is 1. The first-order valence-electron chi connectivity index (χ1n) is 7.28. The summed E-state index contributed by atoms with van der Waals surface area (Å²) in [4.78, 5) is 14.2. The number of aromatic nitrogens is 2. The lowest BCUT2D eigenvalue weighted by Crippen LogP contribution is -2.52. The van der Waals surface area contributed by atoms with E-state index in [-0.39, 0.29) is 23.9 Å². The van der Waals surface area contributed by atoms with Crippen LogP contribution in [0, 0.1) is 13.8 Å². The number of hydrogen-bond acceptors (Lipinski definition) is 4. The van der Waals surface area contributed by atoms with Crippen LogP contribution in [0.1, 0.15) is 11.4 Å². The Balaban J connectivity index is 1.84. The number of piperazine rings is 1. The van der Waals surface area contributed by atoms with Gasteiger partial charge in [-0.25, -0.2) is 8.42 Å². The molecule has 122 valence electrons. The van der Waals surface area contributed by atoms with Crippen LogP contribution < -0.4 is 4.90 Å². The van der Waals surface area contributed by atoms with E-state index in [2.05, 4.69) is 10.2 Å². The minimum absolute atomic E-state index is 0.165. The molecule has 1 aliphatic rings. The Labute approximate surface area is 135 Å². The molecule has 7 nitrogen and oxygen atoms in total. The van der Waals surface area contributed by atoms with E-state index >= 15 is 0 Å². The number of nitrogens with zero attached hydrogens (tertiary/aromatic N) is 3. The maximum atomic E-state index is 12.8. The van der Waals surface area contributed by atoms with Crippen molar-refractivity contribution in [3.05, 3.63) is 41.7 Å². The summed E-state index contributed by atoms with van der Waals surface area (Å²) in [7, 11) is -3.73. The highest BCUT2D eigenvalue weighted by atomic mass is 32.2. The van der Waals surface area contributed by atoms with Crippen LogP contribution in [0.4, 0.5) is 5.69 Å². The number of benzene rings is 1. The van der Waals surface area contributed by atoms with E-state index in [9.17, 15) is 13.2 Å². The van der Waals surface area contributed by atoms with E-state index in [0.717, 1.165) is 5.69 Å². The zero-order chi connectivity index (χ0) is 16.6. The molecule has 1 aliphatic heterocycles. The van der Waals surface area contributed by atoms with Gasteiger partial charge in [-0.3, -0.25) is 9.89 Å². The Bertz CT molecular complexity index is 810. The summed E-state index contributed by atoms with van der Waals surface area (Å²) >= 11 is 0. The smallest absolute Gasteiger partial charge is 0.247 e. The van der Waals surface area contributed by atoms with Gasteiger partial charge in [-0.05, 0) is 26.0 Å². The van der Waals surface area contributed by atoms with E-state index in [0.29, 0.717) is 17.9 Å². The molecular formula is C15H18N4O3S. The molecule has 0 atom stereocenters. The molecule has 0 aliphatic carbocycles. The summed E-state index contributed by atoms with van der Waals surface area (Å²) in [6, 6.07) is 9.26. The van der Waals surface area contributed by atoms with Gasteiger partial charge in [0, 0.05) is 18.8 Å². The summed E-state index contributed by atoms with van der Waals surface area (Å²) in [6.07, 6.45) is 0. The Hall–Kier alpha value is -2.19. The molecule has 1 aromatic heterocycles. The quantitative estimate of drug-likeness (QED) is 0.909. The molecule has 1 saturated heterocycles. The number of amides is 1. The fourth-order valence-electron chi connectivity index (χ4n) is 2.79. The maximum absolute atomic E-state index is 12.8. The largest absolute Gasteiger partial charge is 0.310 e. The van der Waals surface area contributed by atoms with Crippen LogP contribution >= 0.6 is 0 Å². The van der Waals surface area contributed by atoms with Crippen molar-refractivity contribution >= 4 is 21.6 Å². The zero-order valence-corrected chi connectivity index (χ0v) is 13.8. The predicted octanol–water partition coefficient (Wildman–Crippen LogP) is 1.06. The molecule has 0 spiro atoms. The summed E-state index contributed by atoms with van der Waals surface area (Å²) < 4.78 is 26.8. The van der Waals surface area contributed by atoms with Crippen molar-refractivity contribution in [3.8, 4) is 0 Å². The van der Waals surface area contributed by atoms with E-state index in [1.54, 1.807) is 18.7 Å². The second kappa shape index (κ2) is 5.78. The molecule has 8 heteroatoms. The minimum Gasteiger partial charge on any atom is -0.310 e. The molecule has 1 fully saturated rings. The average Bonchev–Trinajstić information content (AvgIpc) is 2.87. The van der Waals surface area contributed by atoms with Crippen molar-refractivity contribution in [1.82, 2.24) is 14.5 Å². The first-order valence-corrected chi connectivity index (χ1v) is 8.72. The molecule has 23 heavy (non-hydrogen) atoms. The highest BCUT2D eigenvalue weighted by molar-refractivity contribution is 7.89. The number of carbonyl (C=O) groups excluding carboxylic acids is 1. The van der Waals surface area contributed by atoms with Gasteiger partial charge in [0.25, 0.3) is 0 Å². The number of anilines is 1. The van der Waals surface area contributed by atoms with Gasteiger partial charge >= 0.3 is 0 Å². The summed E-state index contributed by atoms with van der Waals surface area (Å²) in [5, 5.41) is 6.61. The molecule has 1 aromatic carbocycles. The van der Waals surface area contributed by atoms with Gasteiger partial charge in [0.2, 0.25) is 15.9 Å². The van der Waals surface area contributed by atoms with Gasteiger partial charge in [-0.1, -0.05) is 18.2 Å². The first-order chi connectivity index (χ1) is 10.9. The van der Waals surface area contributed by atoms with E-state index in [4.69, 9.17) is 0 Å². The van der Waals surface area contributed by atoms with Gasteiger partial charge in [-0.2, -0.15) is 9.40 Å². The zero-order valence-electron chi connectivity index (χ0n) is 13.0. The van der Waals surface area contributed by atoms with Crippen molar-refractivity contribution in [2.24, 2.45) is 0 Å². The molecular weight excluding hydrogens is 316 g/mol. The number of para-hydroxylation sites is 1. The Morgan fingerprint density at radius 2 is 1.83 bits per heavy atom. The highest BCUT2D eigenvalue weighted by Crippen LogP contribution is 2.24. The van der Waals surface area contributed by atoms with Crippen molar-refractivity contribution in [1.29, 1.82) is 0 Å². The maximum Gasteiger partial charge on any atom is 0.247 e. The van der Waals surface area contributed by atoms with Gasteiger partial charge < -0.3 is 4.90 Å². The number of aryl methyl sites for hydroxylation is 2. The Morgan fingerprint density at radius 1 is 1.13 bits per heavy atom. The van der Waals surface area contributed by atoms with Crippen LogP contribution in [0.25, 0.3) is 0 Å². The molecule has 0 radical (unpaired) electrons. The topological polar surface area (TPSA) is 86.4 Å². The van der Waals surface area contributed by atoms with E-state index in [1.165, 1.54) is 4.31 Å². The molecule has 2 heterocycles. The third-order valence-electron chi connectivity index (χ3n) is 3.91. The lowest BCUT2D eigenvalue weighted by atomic mass is 10.2. The number of hydrogen-bond donors (Lipinski definition) is 1. The third kappa shape index (κ3) is 2.75. The van der Waals surface area contributed by atoms with E-state index in [1.807, 2.05) is 30.3 Å². The Morgan fingerprint density at radius 3 is 2.39 bits per heavy atom. The minimum atomic E-state index is -3.73. The van der Waals surface area contributed by atoms with Gasteiger partial charge in [0.05, 0.1) is 17.9 Å². The van der Waals surface area contributed by atoms with Crippen LogP contribution in [0.15, 0.2) is 35.2 Å². The predicted molar refractivity (Wildman–Crippen MR) is 85.6 cm³/mol. The van der Waals surface area contributed by atoms with Crippen molar-refractivity contribution in [2.45, 2.75) is 18.7 Å². The molecule has 0 saturated carbocycles. The number of carbonyl (C=O) groups is 1. The fourth-order valence-corrected chi connectivity index (χ4v) is 4.50. The SMILES string of the molecule is Cc1n[nH]c(C)c1S(=O)(=O)N1CCN(c2ccccc2)C(=O)C1. The average molecular weight is 334 g/mol. The van der Waals surface area contributed by atoms with Crippen LogP contribution in [0.5, 0.6) is 0 Å². The molecule has 2 aromatic rings. The number of rotatable bonds is 3. The second-order valence-electron chi connectivity index (χ2n) is 5.48. The fraction of sp³-hybridized carbons (Fsp3) is 0.333. The number of nitrogens with one attached hydrogen (secondary N) is 1. The van der Waals surface area contributed by atoms with Crippen molar-refractivity contribution in [3.63, 3.8) is 0 Å². The molecule has 0 bridgehead atoms. The van der Waals surface area contributed by atoms with Crippen LogP contribution in [0.2, 0.25) is 0 Å². The van der Waals surface area contributed by atoms with Gasteiger partial charge in [0.1, 0.15) is 4.90 Å². The third-order valence-corrected chi connectivity index (χ3v) is 6.02. The number of sulfonamides is 1. The Kier molecular flexibility index (Phi) is 3.95. The summed E-state index contributed by atoms with van der Waals surface area (Å²) in [5.41, 5.74) is 1.69. The monoisotopic (exact) mass is 334 g/mol. The molecule has 1 amide bonds. The van der Waals surface area contributed by atoms with E-state index < -0.39 is 10.0 Å². The first kappa shape index (κ1) is 15.7. The van der Waals surface area contributed by atoms with Crippen molar-refractivity contribution in [2.75, 3.05) is 24.5 Å². The van der Waals surface area contributed by atoms with Gasteiger partial charge in [0.15, 0.2) is 0 Å². The lowest BCUT2D eigenvalue weighted by Gasteiger charge is -2.33. The second-order valence-corrected chi connectivity index (χ2v) is 7.36. The number of aromatic amines is 1. The van der Waals surface area contributed by atoms with Crippen LogP contribution in [-0.2, 0) is 14.8 Å². The van der Waals surface area contributed by atoms with Crippen LogP contribution in [-0.4, -0.2) is 48.5 Å².